The first-order chi connectivity index (χ1) is 13.0. The van der Waals surface area contributed by atoms with Crippen molar-refractivity contribution in [1.29, 1.82) is 0 Å². The number of carbonyl (C=O) groups is 2. The number of rotatable bonds is 4. The largest absolute Gasteiger partial charge is 0.354 e. The van der Waals surface area contributed by atoms with E-state index < -0.39 is 0 Å². The maximum Gasteiger partial charge on any atom is 0.317 e. The molecule has 0 radical (unpaired) electrons. The van der Waals surface area contributed by atoms with Crippen molar-refractivity contribution >= 4 is 11.9 Å². The molecule has 6 heteroatoms. The molecule has 0 aliphatic carbocycles. The minimum atomic E-state index is -0.0750. The highest BCUT2D eigenvalue weighted by atomic mass is 16.2. The van der Waals surface area contributed by atoms with Crippen LogP contribution in [-0.4, -0.2) is 61.0 Å². The molecular formula is C21H32N4O2. The van der Waals surface area contributed by atoms with Crippen molar-refractivity contribution < 1.29 is 9.59 Å². The molecule has 3 rings (SSSR count). The minimum Gasteiger partial charge on any atom is -0.354 e. The molecule has 6 nitrogen and oxygen atoms in total. The molecule has 2 heterocycles. The highest BCUT2D eigenvalue weighted by Gasteiger charge is 2.26. The number of aryl methyl sites for hydroxylation is 1. The number of hydrogen-bond acceptors (Lipinski definition) is 3. The molecule has 27 heavy (non-hydrogen) atoms. The van der Waals surface area contributed by atoms with Crippen LogP contribution in [0.2, 0.25) is 0 Å². The maximum absolute atomic E-state index is 12.6. The van der Waals surface area contributed by atoms with Crippen LogP contribution in [0.4, 0.5) is 4.79 Å². The first-order valence-electron chi connectivity index (χ1n) is 10.1. The lowest BCUT2D eigenvalue weighted by atomic mass is 9.95. The number of hydrogen-bond donors (Lipinski definition) is 2. The number of benzene rings is 1. The van der Waals surface area contributed by atoms with Crippen molar-refractivity contribution in [3.05, 3.63) is 35.4 Å². The number of piperidine rings is 1. The predicted octanol–water partition coefficient (Wildman–Crippen LogP) is 2.30. The first-order valence-corrected chi connectivity index (χ1v) is 10.1. The van der Waals surface area contributed by atoms with Crippen LogP contribution in [0.25, 0.3) is 0 Å². The Labute approximate surface area is 162 Å². The summed E-state index contributed by atoms with van der Waals surface area (Å²) in [6, 6.07) is 8.76. The van der Waals surface area contributed by atoms with E-state index in [1.807, 2.05) is 0 Å². The third kappa shape index (κ3) is 5.45. The predicted molar refractivity (Wildman–Crippen MR) is 106 cm³/mol. The summed E-state index contributed by atoms with van der Waals surface area (Å²) in [6.45, 7) is 8.70. The van der Waals surface area contributed by atoms with Crippen molar-refractivity contribution in [3.63, 3.8) is 0 Å². The normalized spacial score (nSPS) is 20.7. The monoisotopic (exact) mass is 372 g/mol. The summed E-state index contributed by atoms with van der Waals surface area (Å²) >= 11 is 0. The van der Waals surface area contributed by atoms with E-state index in [2.05, 4.69) is 53.6 Å². The van der Waals surface area contributed by atoms with Gasteiger partial charge in [-0.2, -0.15) is 0 Å². The van der Waals surface area contributed by atoms with E-state index in [0.29, 0.717) is 32.6 Å². The summed E-state index contributed by atoms with van der Waals surface area (Å²) in [4.78, 5) is 28.4. The third-order valence-electron chi connectivity index (χ3n) is 5.77. The van der Waals surface area contributed by atoms with Gasteiger partial charge in [0.25, 0.3) is 0 Å². The molecule has 2 saturated heterocycles. The number of nitrogens with zero attached hydrogens (tertiary/aromatic N) is 2. The highest BCUT2D eigenvalue weighted by Crippen LogP contribution is 2.26. The Hall–Kier alpha value is -2.08. The van der Waals surface area contributed by atoms with Crippen LogP contribution in [0, 0.1) is 12.8 Å². The van der Waals surface area contributed by atoms with Crippen LogP contribution in [-0.2, 0) is 4.79 Å². The molecule has 2 aliphatic heterocycles. The highest BCUT2D eigenvalue weighted by molar-refractivity contribution is 5.79. The summed E-state index contributed by atoms with van der Waals surface area (Å²) in [5, 5.41) is 5.94. The van der Waals surface area contributed by atoms with Crippen molar-refractivity contribution in [1.82, 2.24) is 20.4 Å². The van der Waals surface area contributed by atoms with Crippen molar-refractivity contribution in [2.45, 2.75) is 39.2 Å². The molecule has 3 amide bonds. The topological polar surface area (TPSA) is 64.7 Å². The van der Waals surface area contributed by atoms with E-state index in [1.165, 1.54) is 24.0 Å². The fourth-order valence-corrected chi connectivity index (χ4v) is 3.85. The van der Waals surface area contributed by atoms with Gasteiger partial charge >= 0.3 is 6.03 Å². The molecule has 0 saturated carbocycles. The van der Waals surface area contributed by atoms with Gasteiger partial charge in [-0.15, -0.1) is 0 Å². The number of urea groups is 1. The van der Waals surface area contributed by atoms with E-state index in [1.54, 1.807) is 4.90 Å². The summed E-state index contributed by atoms with van der Waals surface area (Å²) in [5.74, 6) is 0.793. The molecule has 0 unspecified atom stereocenters. The van der Waals surface area contributed by atoms with Gasteiger partial charge < -0.3 is 15.5 Å². The lowest BCUT2D eigenvalue weighted by Crippen LogP contribution is -2.46. The number of nitrogens with one attached hydrogen (secondary N) is 2. The van der Waals surface area contributed by atoms with Crippen LogP contribution in [0.5, 0.6) is 0 Å². The molecule has 1 atom stereocenters. The minimum absolute atomic E-state index is 0.0188. The van der Waals surface area contributed by atoms with Crippen molar-refractivity contribution in [2.75, 3.05) is 39.3 Å². The molecule has 0 spiro atoms. The lowest BCUT2D eigenvalue weighted by Gasteiger charge is -2.37. The fraction of sp³-hybridized carbons (Fsp3) is 0.619. The smallest absolute Gasteiger partial charge is 0.317 e. The molecule has 0 aromatic heterocycles. The van der Waals surface area contributed by atoms with Crippen LogP contribution in [0.3, 0.4) is 0 Å². The van der Waals surface area contributed by atoms with Gasteiger partial charge in [0.05, 0.1) is 6.04 Å². The Balaban J connectivity index is 1.64. The maximum atomic E-state index is 12.6. The van der Waals surface area contributed by atoms with Crippen LogP contribution < -0.4 is 10.6 Å². The van der Waals surface area contributed by atoms with E-state index in [4.69, 9.17) is 0 Å². The van der Waals surface area contributed by atoms with Crippen molar-refractivity contribution in [3.8, 4) is 0 Å². The number of carbonyl (C=O) groups excluding carboxylic acids is 2. The molecular weight excluding hydrogens is 340 g/mol. The zero-order chi connectivity index (χ0) is 19.2. The fourth-order valence-electron chi connectivity index (χ4n) is 3.85. The van der Waals surface area contributed by atoms with Crippen LogP contribution >= 0.6 is 0 Å². The van der Waals surface area contributed by atoms with Gasteiger partial charge in [0.15, 0.2) is 0 Å². The molecule has 2 aliphatic rings. The molecule has 1 aromatic rings. The van der Waals surface area contributed by atoms with E-state index in [9.17, 15) is 9.59 Å². The van der Waals surface area contributed by atoms with Crippen molar-refractivity contribution in [2.24, 2.45) is 5.92 Å². The Morgan fingerprint density at radius 2 is 1.89 bits per heavy atom. The second-order valence-electron chi connectivity index (χ2n) is 7.92. The third-order valence-corrected chi connectivity index (χ3v) is 5.77. The molecule has 2 fully saturated rings. The molecule has 148 valence electrons. The summed E-state index contributed by atoms with van der Waals surface area (Å²) in [7, 11) is 0. The Morgan fingerprint density at radius 3 is 2.59 bits per heavy atom. The zero-order valence-electron chi connectivity index (χ0n) is 16.5. The lowest BCUT2D eigenvalue weighted by molar-refractivity contribution is -0.120. The molecule has 0 bridgehead atoms. The van der Waals surface area contributed by atoms with Gasteiger partial charge in [-0.05, 0) is 44.3 Å². The number of amides is 3. The van der Waals surface area contributed by atoms with E-state index in [-0.39, 0.29) is 18.0 Å². The Morgan fingerprint density at radius 1 is 1.19 bits per heavy atom. The van der Waals surface area contributed by atoms with Gasteiger partial charge in [-0.25, -0.2) is 4.79 Å². The molecule has 1 aromatic carbocycles. The van der Waals surface area contributed by atoms with Gasteiger partial charge in [0.2, 0.25) is 5.91 Å². The van der Waals surface area contributed by atoms with E-state index in [0.717, 1.165) is 19.0 Å². The summed E-state index contributed by atoms with van der Waals surface area (Å²) < 4.78 is 0. The quantitative estimate of drug-likeness (QED) is 0.852. The SMILES string of the molecule is Cc1ccc([C@@H](CNC(=O)N2CCNC(=O)CC2)N2CCC(C)CC2)cc1. The first kappa shape index (κ1) is 19.7. The van der Waals surface area contributed by atoms with Crippen LogP contribution in [0.15, 0.2) is 24.3 Å². The second-order valence-corrected chi connectivity index (χ2v) is 7.92. The van der Waals surface area contributed by atoms with Gasteiger partial charge in [-0.1, -0.05) is 36.8 Å². The Bertz CT molecular complexity index is 638. The summed E-state index contributed by atoms with van der Waals surface area (Å²) in [6.07, 6.45) is 2.78. The van der Waals surface area contributed by atoms with Gasteiger partial charge in [0, 0.05) is 32.6 Å². The summed E-state index contributed by atoms with van der Waals surface area (Å²) in [5.41, 5.74) is 2.50. The second kappa shape index (κ2) is 9.22. The van der Waals surface area contributed by atoms with Gasteiger partial charge in [-0.3, -0.25) is 9.69 Å². The average Bonchev–Trinajstić information content (AvgIpc) is 2.89. The van der Waals surface area contributed by atoms with Crippen LogP contribution in [0.1, 0.15) is 43.4 Å². The zero-order valence-corrected chi connectivity index (χ0v) is 16.5. The number of likely N-dealkylation sites (tertiary alicyclic amines) is 1. The van der Waals surface area contributed by atoms with Gasteiger partial charge in [0.1, 0.15) is 0 Å². The molecule has 2 N–H and O–H groups in total. The Kier molecular flexibility index (Phi) is 6.72. The standard InChI is InChI=1S/C21H32N4O2/c1-16-3-5-18(6-4-16)19(24-11-7-17(2)8-12-24)15-23-21(27)25-13-9-20(26)22-10-14-25/h3-6,17,19H,7-15H2,1-2H3,(H,22,26)(H,23,27)/t19-/m1/s1. The average molecular weight is 373 g/mol. The van der Waals surface area contributed by atoms with E-state index >= 15 is 0 Å².